The highest BCUT2D eigenvalue weighted by atomic mass is 35.5. The minimum absolute atomic E-state index is 0.472. The molecule has 15 heavy (non-hydrogen) atoms. The Kier molecular flexibility index (Phi) is 4.31. The quantitative estimate of drug-likeness (QED) is 0.819. The Bertz CT molecular complexity index is 302. The van der Waals surface area contributed by atoms with E-state index in [4.69, 9.17) is 21.1 Å². The summed E-state index contributed by atoms with van der Waals surface area (Å²) in [6.45, 7) is 3.01. The lowest BCUT2D eigenvalue weighted by Gasteiger charge is -2.21. The fraction of sp³-hybridized carbons (Fsp3) is 0.778. The average molecular weight is 249 g/mol. The van der Waals surface area contributed by atoms with E-state index in [1.807, 2.05) is 0 Å². The van der Waals surface area contributed by atoms with Gasteiger partial charge in [0.05, 0.1) is 6.61 Å². The molecule has 0 amide bonds. The highest BCUT2D eigenvalue weighted by Crippen LogP contribution is 2.18. The van der Waals surface area contributed by atoms with Crippen LogP contribution in [0.1, 0.15) is 17.8 Å². The van der Waals surface area contributed by atoms with Gasteiger partial charge in [-0.3, -0.25) is 0 Å². The number of halogens is 1. The van der Waals surface area contributed by atoms with Gasteiger partial charge in [-0.05, 0) is 30.4 Å². The normalized spacial score (nSPS) is 18.2. The summed E-state index contributed by atoms with van der Waals surface area (Å²) in [4.78, 5) is 0. The lowest BCUT2D eigenvalue weighted by atomic mass is 10.0. The molecule has 2 rings (SSSR count). The second kappa shape index (κ2) is 5.75. The van der Waals surface area contributed by atoms with Crippen LogP contribution in [-0.4, -0.2) is 30.0 Å². The monoisotopic (exact) mass is 248 g/mol. The first kappa shape index (κ1) is 11.3. The Morgan fingerprint density at radius 3 is 2.87 bits per heavy atom. The van der Waals surface area contributed by atoms with E-state index in [9.17, 15) is 0 Å². The zero-order valence-electron chi connectivity index (χ0n) is 8.32. The van der Waals surface area contributed by atoms with E-state index in [0.29, 0.717) is 17.0 Å². The van der Waals surface area contributed by atoms with E-state index in [-0.39, 0.29) is 0 Å². The third kappa shape index (κ3) is 3.68. The van der Waals surface area contributed by atoms with Gasteiger partial charge in [0.25, 0.3) is 0 Å². The summed E-state index contributed by atoms with van der Waals surface area (Å²) < 4.78 is 11.3. The van der Waals surface area contributed by atoms with Crippen molar-refractivity contribution in [2.75, 3.05) is 19.8 Å². The van der Waals surface area contributed by atoms with E-state index in [1.165, 1.54) is 11.3 Å². The van der Waals surface area contributed by atoms with Crippen LogP contribution in [0.5, 0.6) is 0 Å². The van der Waals surface area contributed by atoms with Crippen molar-refractivity contribution in [2.24, 2.45) is 5.92 Å². The lowest BCUT2D eigenvalue weighted by molar-refractivity contribution is 0.0156. The van der Waals surface area contributed by atoms with E-state index in [2.05, 4.69) is 10.2 Å². The van der Waals surface area contributed by atoms with Crippen LogP contribution < -0.4 is 0 Å². The third-order valence-corrected chi connectivity index (χ3v) is 3.35. The molecule has 0 N–H and O–H groups in total. The standard InChI is InChI=1S/C9H13ClN2O2S/c10-9-12-11-8(15-9)6-14-5-7-1-3-13-4-2-7/h7H,1-6H2. The summed E-state index contributed by atoms with van der Waals surface area (Å²) in [7, 11) is 0. The number of rotatable bonds is 4. The molecule has 0 saturated carbocycles. The maximum Gasteiger partial charge on any atom is 0.207 e. The summed E-state index contributed by atoms with van der Waals surface area (Å²) in [5, 5.41) is 8.44. The molecule has 1 aliphatic rings. The van der Waals surface area contributed by atoms with Gasteiger partial charge >= 0.3 is 0 Å². The molecule has 4 nitrogen and oxygen atoms in total. The first-order valence-electron chi connectivity index (χ1n) is 4.98. The topological polar surface area (TPSA) is 44.2 Å². The highest BCUT2D eigenvalue weighted by Gasteiger charge is 2.14. The summed E-state index contributed by atoms with van der Waals surface area (Å²) in [5.41, 5.74) is 0. The first-order valence-corrected chi connectivity index (χ1v) is 6.17. The van der Waals surface area contributed by atoms with Crippen LogP contribution in [0.2, 0.25) is 4.47 Å². The fourth-order valence-electron chi connectivity index (χ4n) is 1.52. The third-order valence-electron chi connectivity index (χ3n) is 2.36. The Labute approximate surface area is 97.6 Å². The smallest absolute Gasteiger partial charge is 0.207 e. The molecule has 0 atom stereocenters. The zero-order valence-corrected chi connectivity index (χ0v) is 9.89. The number of hydrogen-bond donors (Lipinski definition) is 0. The molecule has 1 aliphatic heterocycles. The second-order valence-electron chi connectivity index (χ2n) is 3.52. The van der Waals surface area contributed by atoms with Gasteiger partial charge in [0.2, 0.25) is 4.47 Å². The molecule has 1 aromatic rings. The van der Waals surface area contributed by atoms with Crippen LogP contribution in [0.25, 0.3) is 0 Å². The Morgan fingerprint density at radius 2 is 2.20 bits per heavy atom. The average Bonchev–Trinajstić information content (AvgIpc) is 2.66. The van der Waals surface area contributed by atoms with Crippen LogP contribution in [0.15, 0.2) is 0 Å². The van der Waals surface area contributed by atoms with Crippen molar-refractivity contribution in [1.82, 2.24) is 10.2 Å². The molecule has 1 fully saturated rings. The first-order chi connectivity index (χ1) is 7.34. The molecule has 1 aromatic heterocycles. The molecule has 6 heteroatoms. The highest BCUT2D eigenvalue weighted by molar-refractivity contribution is 7.15. The fourth-order valence-corrected chi connectivity index (χ4v) is 2.32. The van der Waals surface area contributed by atoms with Gasteiger partial charge in [-0.25, -0.2) is 0 Å². The van der Waals surface area contributed by atoms with E-state index in [1.54, 1.807) is 0 Å². The Balaban J connectivity index is 1.65. The van der Waals surface area contributed by atoms with Gasteiger partial charge < -0.3 is 9.47 Å². The van der Waals surface area contributed by atoms with Crippen molar-refractivity contribution in [2.45, 2.75) is 19.4 Å². The Hall–Kier alpha value is -0.230. The van der Waals surface area contributed by atoms with Crippen molar-refractivity contribution in [3.63, 3.8) is 0 Å². The second-order valence-corrected chi connectivity index (χ2v) is 5.16. The molecule has 0 radical (unpaired) electrons. The predicted molar refractivity (Wildman–Crippen MR) is 58.1 cm³/mol. The number of nitrogens with zero attached hydrogens (tertiary/aromatic N) is 2. The number of aromatic nitrogens is 2. The van der Waals surface area contributed by atoms with Gasteiger partial charge in [0.1, 0.15) is 11.6 Å². The largest absolute Gasteiger partial charge is 0.381 e. The molecule has 2 heterocycles. The maximum atomic E-state index is 5.66. The van der Waals surface area contributed by atoms with Gasteiger partial charge in [-0.15, -0.1) is 10.2 Å². The predicted octanol–water partition coefficient (Wildman–Crippen LogP) is 2.13. The van der Waals surface area contributed by atoms with Crippen LogP contribution in [0, 0.1) is 5.92 Å². The molecule has 0 spiro atoms. The minimum atomic E-state index is 0.472. The molecule has 0 bridgehead atoms. The number of ether oxygens (including phenoxy) is 2. The summed E-state index contributed by atoms with van der Waals surface area (Å²) >= 11 is 7.03. The van der Waals surface area contributed by atoms with Gasteiger partial charge in [0.15, 0.2) is 0 Å². The van der Waals surface area contributed by atoms with E-state index in [0.717, 1.165) is 37.7 Å². The molecular formula is C9H13ClN2O2S. The van der Waals surface area contributed by atoms with E-state index < -0.39 is 0 Å². The molecule has 0 aliphatic carbocycles. The van der Waals surface area contributed by atoms with Crippen LogP contribution in [0.4, 0.5) is 0 Å². The zero-order chi connectivity index (χ0) is 10.5. The van der Waals surface area contributed by atoms with Crippen molar-refractivity contribution < 1.29 is 9.47 Å². The van der Waals surface area contributed by atoms with Crippen LogP contribution in [-0.2, 0) is 16.1 Å². The summed E-state index contributed by atoms with van der Waals surface area (Å²) in [6.07, 6.45) is 2.19. The van der Waals surface area contributed by atoms with Gasteiger partial charge in [-0.2, -0.15) is 0 Å². The van der Waals surface area contributed by atoms with Crippen molar-refractivity contribution in [1.29, 1.82) is 0 Å². The molecule has 0 aromatic carbocycles. The SMILES string of the molecule is Clc1nnc(COCC2CCOCC2)s1. The van der Waals surface area contributed by atoms with Crippen molar-refractivity contribution in [3.05, 3.63) is 9.47 Å². The molecular weight excluding hydrogens is 236 g/mol. The van der Waals surface area contributed by atoms with Crippen molar-refractivity contribution in [3.8, 4) is 0 Å². The van der Waals surface area contributed by atoms with Crippen molar-refractivity contribution >= 4 is 22.9 Å². The number of hydrogen-bond acceptors (Lipinski definition) is 5. The van der Waals surface area contributed by atoms with Gasteiger partial charge in [0, 0.05) is 13.2 Å². The summed E-state index contributed by atoms with van der Waals surface area (Å²) in [5.74, 6) is 0.627. The summed E-state index contributed by atoms with van der Waals surface area (Å²) in [6, 6.07) is 0. The van der Waals surface area contributed by atoms with Crippen LogP contribution >= 0.6 is 22.9 Å². The molecule has 0 unspecified atom stereocenters. The lowest BCUT2D eigenvalue weighted by Crippen LogP contribution is -2.20. The van der Waals surface area contributed by atoms with Crippen LogP contribution in [0.3, 0.4) is 0 Å². The molecule has 1 saturated heterocycles. The van der Waals surface area contributed by atoms with Gasteiger partial charge in [-0.1, -0.05) is 11.3 Å². The molecule has 84 valence electrons. The Morgan fingerprint density at radius 1 is 1.40 bits per heavy atom. The minimum Gasteiger partial charge on any atom is -0.381 e. The maximum absolute atomic E-state index is 5.66. The van der Waals surface area contributed by atoms with E-state index >= 15 is 0 Å².